The minimum Gasteiger partial charge on any atom is -0.480 e. The molecule has 1 unspecified atom stereocenters. The number of pyridine rings is 1. The molecule has 1 aliphatic rings. The Labute approximate surface area is 196 Å². The normalized spacial score (nSPS) is 15.4. The molecule has 5 rings (SSSR count). The number of thioether (sulfide) groups is 1. The lowest BCUT2D eigenvalue weighted by atomic mass is 9.93. The molecular weight excluding hydrogens is 463 g/mol. The predicted molar refractivity (Wildman–Crippen MR) is 125 cm³/mol. The zero-order valence-corrected chi connectivity index (χ0v) is 18.5. The molecule has 1 N–H and O–H groups in total. The van der Waals surface area contributed by atoms with Gasteiger partial charge in [0.05, 0.1) is 10.6 Å². The largest absolute Gasteiger partial charge is 0.480 e. The number of aliphatic carboxylic acids is 1. The number of hydrogen-bond donors (Lipinski definition) is 1. The van der Waals surface area contributed by atoms with Crippen molar-refractivity contribution in [2.24, 2.45) is 0 Å². The van der Waals surface area contributed by atoms with E-state index in [1.54, 1.807) is 6.07 Å². The lowest BCUT2D eigenvalue weighted by Crippen LogP contribution is -2.29. The smallest absolute Gasteiger partial charge is 0.416 e. The number of nitrogens with zero attached hydrogens (tertiary/aromatic N) is 1. The molecule has 172 valence electrons. The van der Waals surface area contributed by atoms with E-state index in [2.05, 4.69) is 0 Å². The number of benzene rings is 3. The molecule has 34 heavy (non-hydrogen) atoms. The molecule has 0 saturated heterocycles. The van der Waals surface area contributed by atoms with Crippen LogP contribution in [-0.4, -0.2) is 21.4 Å². The van der Waals surface area contributed by atoms with Gasteiger partial charge in [-0.3, -0.25) is 9.36 Å². The second-order valence-corrected chi connectivity index (χ2v) is 9.13. The Kier molecular flexibility index (Phi) is 5.48. The summed E-state index contributed by atoms with van der Waals surface area (Å²) in [6, 6.07) is 18.8. The molecule has 0 spiro atoms. The highest BCUT2D eigenvalue weighted by Gasteiger charge is 2.35. The molecule has 0 radical (unpaired) electrons. The molecule has 4 aromatic rings. The summed E-state index contributed by atoms with van der Waals surface area (Å²) in [5.74, 6) is -1.01. The fourth-order valence-corrected chi connectivity index (χ4v) is 5.81. The molecule has 0 bridgehead atoms. The van der Waals surface area contributed by atoms with Crippen molar-refractivity contribution in [3.05, 3.63) is 99.8 Å². The lowest BCUT2D eigenvalue weighted by Gasteiger charge is -2.18. The second-order valence-electron chi connectivity index (χ2n) is 8.12. The standard InChI is InChI=1S/C26H18F3NO3S/c27-26(28,29)19-9-4-8-17(12-19)23-18(11-16-7-3-6-15-5-1-2-10-20(15)16)13-22(31)30-21(25(32)33)14-34-24(23)30/h1-10,12-13,21H,11,14H2,(H,32,33). The topological polar surface area (TPSA) is 59.3 Å². The fourth-order valence-electron chi connectivity index (χ4n) is 4.45. The fraction of sp³-hybridized carbons (Fsp3) is 0.154. The monoisotopic (exact) mass is 481 g/mol. The highest BCUT2D eigenvalue weighted by molar-refractivity contribution is 7.99. The minimum atomic E-state index is -4.53. The van der Waals surface area contributed by atoms with Gasteiger partial charge in [-0.1, -0.05) is 54.6 Å². The van der Waals surface area contributed by atoms with Gasteiger partial charge in [0.2, 0.25) is 0 Å². The molecular formula is C26H18F3NO3S. The zero-order chi connectivity index (χ0) is 24.0. The maximum atomic E-state index is 13.5. The first kappa shape index (κ1) is 22.3. The number of carboxylic acids is 1. The van der Waals surface area contributed by atoms with Crippen LogP contribution in [-0.2, 0) is 17.4 Å². The Bertz CT molecular complexity index is 1490. The summed E-state index contributed by atoms with van der Waals surface area (Å²) in [5, 5.41) is 12.0. The maximum Gasteiger partial charge on any atom is 0.416 e. The van der Waals surface area contributed by atoms with Crippen molar-refractivity contribution >= 4 is 28.5 Å². The van der Waals surface area contributed by atoms with Crippen LogP contribution in [0.3, 0.4) is 0 Å². The van der Waals surface area contributed by atoms with E-state index >= 15 is 0 Å². The number of alkyl halides is 3. The average Bonchev–Trinajstić information content (AvgIpc) is 3.25. The third kappa shape index (κ3) is 3.88. The molecule has 0 fully saturated rings. The van der Waals surface area contributed by atoms with Crippen molar-refractivity contribution in [2.45, 2.75) is 23.7 Å². The first-order valence-electron chi connectivity index (χ1n) is 10.5. The van der Waals surface area contributed by atoms with Crippen LogP contribution in [0, 0.1) is 0 Å². The zero-order valence-electron chi connectivity index (χ0n) is 17.7. The summed E-state index contributed by atoms with van der Waals surface area (Å²) in [6.07, 6.45) is -4.22. The van der Waals surface area contributed by atoms with Crippen molar-refractivity contribution in [1.29, 1.82) is 0 Å². The van der Waals surface area contributed by atoms with Gasteiger partial charge in [-0.25, -0.2) is 4.79 Å². The number of aromatic nitrogens is 1. The molecule has 0 aliphatic carbocycles. The van der Waals surface area contributed by atoms with E-state index in [1.165, 1.54) is 28.5 Å². The number of carboxylic acid groups (broad SMARTS) is 1. The van der Waals surface area contributed by atoms with Crippen LogP contribution in [0.1, 0.15) is 22.7 Å². The van der Waals surface area contributed by atoms with Gasteiger partial charge in [-0.05, 0) is 46.0 Å². The Morgan fingerprint density at radius 3 is 2.50 bits per heavy atom. The van der Waals surface area contributed by atoms with Gasteiger partial charge >= 0.3 is 12.1 Å². The summed E-state index contributed by atoms with van der Waals surface area (Å²) in [4.78, 5) is 24.8. The quantitative estimate of drug-likeness (QED) is 0.388. The van der Waals surface area contributed by atoms with Crippen LogP contribution in [0.5, 0.6) is 0 Å². The predicted octanol–water partition coefficient (Wildman–Crippen LogP) is 6.01. The number of carbonyl (C=O) groups is 1. The van der Waals surface area contributed by atoms with Gasteiger partial charge in [-0.15, -0.1) is 11.8 Å². The summed E-state index contributed by atoms with van der Waals surface area (Å²) in [6.45, 7) is 0. The van der Waals surface area contributed by atoms with E-state index in [0.717, 1.165) is 28.5 Å². The molecule has 0 saturated carbocycles. The third-order valence-electron chi connectivity index (χ3n) is 6.00. The second kappa shape index (κ2) is 8.36. The van der Waals surface area contributed by atoms with E-state index in [1.807, 2.05) is 42.5 Å². The van der Waals surface area contributed by atoms with E-state index in [-0.39, 0.29) is 5.75 Å². The van der Waals surface area contributed by atoms with Crippen LogP contribution < -0.4 is 5.56 Å². The molecule has 1 aliphatic heterocycles. The molecule has 1 atom stereocenters. The van der Waals surface area contributed by atoms with Crippen molar-refractivity contribution in [2.75, 3.05) is 5.75 Å². The first-order chi connectivity index (χ1) is 16.2. The van der Waals surface area contributed by atoms with Crippen LogP contribution in [0.25, 0.3) is 21.9 Å². The van der Waals surface area contributed by atoms with Crippen molar-refractivity contribution < 1.29 is 23.1 Å². The van der Waals surface area contributed by atoms with Gasteiger partial charge in [0.15, 0.2) is 0 Å². The summed E-state index contributed by atoms with van der Waals surface area (Å²) >= 11 is 1.18. The molecule has 1 aromatic heterocycles. The summed E-state index contributed by atoms with van der Waals surface area (Å²) in [7, 11) is 0. The van der Waals surface area contributed by atoms with Gasteiger partial charge < -0.3 is 5.11 Å². The van der Waals surface area contributed by atoms with Crippen molar-refractivity contribution in [3.8, 4) is 11.1 Å². The average molecular weight is 481 g/mol. The van der Waals surface area contributed by atoms with Gasteiger partial charge in [-0.2, -0.15) is 13.2 Å². The van der Waals surface area contributed by atoms with Crippen molar-refractivity contribution in [1.82, 2.24) is 4.57 Å². The van der Waals surface area contributed by atoms with Gasteiger partial charge in [0, 0.05) is 17.4 Å². The Morgan fingerprint density at radius 2 is 1.74 bits per heavy atom. The number of halogens is 3. The van der Waals surface area contributed by atoms with Gasteiger partial charge in [0.1, 0.15) is 6.04 Å². The SMILES string of the molecule is O=C(O)C1CSc2c(-c3cccc(C(F)(F)F)c3)c(Cc3cccc4ccccc34)cc(=O)n21. The summed E-state index contributed by atoms with van der Waals surface area (Å²) < 4.78 is 41.6. The Morgan fingerprint density at radius 1 is 1.00 bits per heavy atom. The number of rotatable bonds is 4. The van der Waals surface area contributed by atoms with E-state index in [0.29, 0.717) is 28.1 Å². The Balaban J connectivity index is 1.75. The Hall–Kier alpha value is -3.52. The van der Waals surface area contributed by atoms with E-state index in [9.17, 15) is 27.9 Å². The first-order valence-corrected chi connectivity index (χ1v) is 11.5. The molecule has 2 heterocycles. The minimum absolute atomic E-state index is 0.133. The van der Waals surface area contributed by atoms with Gasteiger partial charge in [0.25, 0.3) is 5.56 Å². The molecule has 8 heteroatoms. The molecule has 0 amide bonds. The van der Waals surface area contributed by atoms with Crippen LogP contribution in [0.2, 0.25) is 0 Å². The summed E-state index contributed by atoms with van der Waals surface area (Å²) in [5.41, 5.74) is 0.973. The lowest BCUT2D eigenvalue weighted by molar-refractivity contribution is -0.140. The third-order valence-corrected chi connectivity index (χ3v) is 7.16. The van der Waals surface area contributed by atoms with Crippen LogP contribution in [0.15, 0.2) is 82.6 Å². The highest BCUT2D eigenvalue weighted by Crippen LogP contribution is 2.43. The molecule has 4 nitrogen and oxygen atoms in total. The van der Waals surface area contributed by atoms with Crippen molar-refractivity contribution in [3.63, 3.8) is 0 Å². The van der Waals surface area contributed by atoms with Crippen LogP contribution in [0.4, 0.5) is 13.2 Å². The van der Waals surface area contributed by atoms with E-state index < -0.39 is 29.3 Å². The van der Waals surface area contributed by atoms with Crippen LogP contribution >= 0.6 is 11.8 Å². The number of hydrogen-bond acceptors (Lipinski definition) is 3. The number of fused-ring (bicyclic) bond motifs is 2. The highest BCUT2D eigenvalue weighted by atomic mass is 32.2. The van der Waals surface area contributed by atoms with E-state index in [4.69, 9.17) is 0 Å². The molecule has 3 aromatic carbocycles. The maximum absolute atomic E-state index is 13.5.